The first-order valence-corrected chi connectivity index (χ1v) is 6.58. The van der Waals surface area contributed by atoms with Gasteiger partial charge >= 0.3 is 0 Å². The van der Waals surface area contributed by atoms with Gasteiger partial charge in [0.2, 0.25) is 0 Å². The molecule has 2 aromatic rings. The molecule has 0 atom stereocenters. The molecular formula is C14H9F3OS. The summed E-state index contributed by atoms with van der Waals surface area (Å²) < 4.78 is 39.8. The highest BCUT2D eigenvalue weighted by molar-refractivity contribution is 7.98. The van der Waals surface area contributed by atoms with E-state index >= 15 is 0 Å². The molecule has 0 heterocycles. The second-order valence-electron chi connectivity index (χ2n) is 3.81. The smallest absolute Gasteiger partial charge is 0.198 e. The van der Waals surface area contributed by atoms with Crippen LogP contribution in [0.15, 0.2) is 41.3 Å². The maximum Gasteiger partial charge on any atom is 0.198 e. The third-order valence-electron chi connectivity index (χ3n) is 2.57. The summed E-state index contributed by atoms with van der Waals surface area (Å²) in [6.07, 6.45) is 1.82. The molecule has 0 fully saturated rings. The highest BCUT2D eigenvalue weighted by atomic mass is 32.2. The van der Waals surface area contributed by atoms with Crippen molar-refractivity contribution in [3.05, 3.63) is 65.0 Å². The highest BCUT2D eigenvalue weighted by Crippen LogP contribution is 2.22. The Morgan fingerprint density at radius 3 is 2.26 bits per heavy atom. The fraction of sp³-hybridized carbons (Fsp3) is 0.0714. The van der Waals surface area contributed by atoms with E-state index in [-0.39, 0.29) is 5.56 Å². The molecule has 1 nitrogen and oxygen atoms in total. The normalized spacial score (nSPS) is 10.5. The van der Waals surface area contributed by atoms with Crippen molar-refractivity contribution in [1.29, 1.82) is 0 Å². The first kappa shape index (κ1) is 13.7. The van der Waals surface area contributed by atoms with E-state index < -0.39 is 28.8 Å². The number of carbonyl (C=O) groups excluding carboxylic acids is 1. The third-order valence-corrected chi connectivity index (χ3v) is 3.29. The van der Waals surface area contributed by atoms with Crippen LogP contribution in [0.1, 0.15) is 15.9 Å². The molecule has 0 N–H and O–H groups in total. The number of halogens is 3. The minimum Gasteiger partial charge on any atom is -0.288 e. The van der Waals surface area contributed by atoms with Gasteiger partial charge in [0.1, 0.15) is 17.5 Å². The van der Waals surface area contributed by atoms with Crippen molar-refractivity contribution in [3.8, 4) is 0 Å². The fourth-order valence-corrected chi connectivity index (χ4v) is 2.13. The van der Waals surface area contributed by atoms with Gasteiger partial charge in [-0.25, -0.2) is 13.2 Å². The van der Waals surface area contributed by atoms with Crippen molar-refractivity contribution in [1.82, 2.24) is 0 Å². The Morgan fingerprint density at radius 1 is 1.05 bits per heavy atom. The van der Waals surface area contributed by atoms with Crippen LogP contribution < -0.4 is 0 Å². The van der Waals surface area contributed by atoms with Crippen molar-refractivity contribution >= 4 is 17.5 Å². The number of ketones is 1. The van der Waals surface area contributed by atoms with E-state index in [2.05, 4.69) is 0 Å². The third kappa shape index (κ3) is 2.81. The largest absolute Gasteiger partial charge is 0.288 e. The van der Waals surface area contributed by atoms with Gasteiger partial charge in [-0.1, -0.05) is 12.1 Å². The molecule has 0 radical (unpaired) electrons. The molecule has 0 aromatic heterocycles. The Labute approximate surface area is 112 Å². The van der Waals surface area contributed by atoms with Gasteiger partial charge in [0, 0.05) is 22.6 Å². The number of thioether (sulfide) groups is 1. The maximum absolute atomic E-state index is 13.5. The SMILES string of the molecule is CSc1cccc(C(=O)c2c(F)cc(F)cc2F)c1. The average Bonchev–Trinajstić information content (AvgIpc) is 2.37. The Morgan fingerprint density at radius 2 is 1.68 bits per heavy atom. The number of benzene rings is 2. The lowest BCUT2D eigenvalue weighted by atomic mass is 10.0. The summed E-state index contributed by atoms with van der Waals surface area (Å²) in [6, 6.07) is 7.39. The summed E-state index contributed by atoms with van der Waals surface area (Å²) in [5, 5.41) is 0. The van der Waals surface area contributed by atoms with Gasteiger partial charge in [-0.05, 0) is 18.4 Å². The summed E-state index contributed by atoms with van der Waals surface area (Å²) in [5.41, 5.74) is -0.573. The lowest BCUT2D eigenvalue weighted by molar-refractivity contribution is 0.103. The Kier molecular flexibility index (Phi) is 3.95. The monoisotopic (exact) mass is 282 g/mol. The van der Waals surface area contributed by atoms with Crippen molar-refractivity contribution in [2.24, 2.45) is 0 Å². The van der Waals surface area contributed by atoms with E-state index in [0.717, 1.165) is 4.90 Å². The fourth-order valence-electron chi connectivity index (χ4n) is 1.67. The van der Waals surface area contributed by atoms with Crippen LogP contribution in [0.4, 0.5) is 13.2 Å². The van der Waals surface area contributed by atoms with Crippen molar-refractivity contribution in [3.63, 3.8) is 0 Å². The molecule has 19 heavy (non-hydrogen) atoms. The van der Waals surface area contributed by atoms with E-state index in [1.807, 2.05) is 6.26 Å². The van der Waals surface area contributed by atoms with Gasteiger partial charge in [0.15, 0.2) is 5.78 Å². The van der Waals surface area contributed by atoms with E-state index in [1.165, 1.54) is 23.9 Å². The van der Waals surface area contributed by atoms with Crippen LogP contribution in [-0.2, 0) is 0 Å². The average molecular weight is 282 g/mol. The second kappa shape index (κ2) is 5.48. The van der Waals surface area contributed by atoms with Crippen molar-refractivity contribution in [2.75, 3.05) is 6.26 Å². The second-order valence-corrected chi connectivity index (χ2v) is 4.69. The van der Waals surface area contributed by atoms with E-state index in [0.29, 0.717) is 12.1 Å². The summed E-state index contributed by atoms with van der Waals surface area (Å²) in [4.78, 5) is 12.9. The van der Waals surface area contributed by atoms with Gasteiger partial charge in [0.25, 0.3) is 0 Å². The van der Waals surface area contributed by atoms with Gasteiger partial charge in [0.05, 0.1) is 5.56 Å². The standard InChI is InChI=1S/C14H9F3OS/c1-19-10-4-2-3-8(5-10)14(18)13-11(16)6-9(15)7-12(13)17/h2-7H,1H3. The summed E-state index contributed by atoms with van der Waals surface area (Å²) >= 11 is 1.41. The Balaban J connectivity index is 2.50. The topological polar surface area (TPSA) is 17.1 Å². The molecule has 0 spiro atoms. The van der Waals surface area contributed by atoms with E-state index in [1.54, 1.807) is 12.1 Å². The van der Waals surface area contributed by atoms with Gasteiger partial charge in [-0.2, -0.15) is 0 Å². The minimum atomic E-state index is -1.20. The van der Waals surface area contributed by atoms with Gasteiger partial charge < -0.3 is 0 Å². The number of carbonyl (C=O) groups is 1. The zero-order valence-corrected chi connectivity index (χ0v) is 10.7. The predicted octanol–water partition coefficient (Wildman–Crippen LogP) is 4.06. The molecule has 2 rings (SSSR count). The van der Waals surface area contributed by atoms with Crippen LogP contribution in [0.3, 0.4) is 0 Å². The Hall–Kier alpha value is -1.75. The van der Waals surface area contributed by atoms with Crippen molar-refractivity contribution in [2.45, 2.75) is 4.90 Å². The molecule has 2 aromatic carbocycles. The molecule has 0 unspecified atom stereocenters. The summed E-state index contributed by atoms with van der Waals surface area (Å²) in [7, 11) is 0. The molecule has 0 aliphatic rings. The van der Waals surface area contributed by atoms with Crippen LogP contribution in [0, 0.1) is 17.5 Å². The van der Waals surface area contributed by atoms with Gasteiger partial charge in [-0.15, -0.1) is 11.8 Å². The van der Waals surface area contributed by atoms with Crippen LogP contribution >= 0.6 is 11.8 Å². The molecule has 0 saturated heterocycles. The first-order valence-electron chi connectivity index (χ1n) is 5.36. The molecule has 0 saturated carbocycles. The highest BCUT2D eigenvalue weighted by Gasteiger charge is 2.20. The molecule has 0 amide bonds. The lowest BCUT2D eigenvalue weighted by Gasteiger charge is -2.06. The summed E-state index contributed by atoms with van der Waals surface area (Å²) in [5.74, 6) is -4.25. The molecule has 0 aliphatic carbocycles. The van der Waals surface area contributed by atoms with Crippen LogP contribution in [0.25, 0.3) is 0 Å². The molecule has 5 heteroatoms. The first-order chi connectivity index (χ1) is 9.02. The molecular weight excluding hydrogens is 273 g/mol. The number of hydrogen-bond acceptors (Lipinski definition) is 2. The van der Waals surface area contributed by atoms with Crippen LogP contribution in [0.5, 0.6) is 0 Å². The van der Waals surface area contributed by atoms with Crippen LogP contribution in [0.2, 0.25) is 0 Å². The summed E-state index contributed by atoms with van der Waals surface area (Å²) in [6.45, 7) is 0. The number of hydrogen-bond donors (Lipinski definition) is 0. The van der Waals surface area contributed by atoms with E-state index in [9.17, 15) is 18.0 Å². The minimum absolute atomic E-state index is 0.163. The predicted molar refractivity (Wildman–Crippen MR) is 68.0 cm³/mol. The maximum atomic E-state index is 13.5. The zero-order valence-electron chi connectivity index (χ0n) is 9.91. The lowest BCUT2D eigenvalue weighted by Crippen LogP contribution is -2.08. The van der Waals surface area contributed by atoms with E-state index in [4.69, 9.17) is 0 Å². The Bertz CT molecular complexity index is 617. The van der Waals surface area contributed by atoms with Crippen molar-refractivity contribution < 1.29 is 18.0 Å². The van der Waals surface area contributed by atoms with Gasteiger partial charge in [-0.3, -0.25) is 4.79 Å². The molecule has 0 bridgehead atoms. The molecule has 0 aliphatic heterocycles. The number of rotatable bonds is 3. The van der Waals surface area contributed by atoms with Crippen LogP contribution in [-0.4, -0.2) is 12.0 Å². The zero-order chi connectivity index (χ0) is 14.0. The molecule has 98 valence electrons. The quantitative estimate of drug-likeness (QED) is 0.624.